The molecule has 3 rings (SSSR count). The van der Waals surface area contributed by atoms with Crippen LogP contribution in [-0.4, -0.2) is 23.0 Å². The Labute approximate surface area is 140 Å². The minimum Gasteiger partial charge on any atom is -0.307 e. The lowest BCUT2D eigenvalue weighted by atomic mass is 10.2. The van der Waals surface area contributed by atoms with Gasteiger partial charge < -0.3 is 5.32 Å². The molecule has 0 bridgehead atoms. The fraction of sp³-hybridized carbons (Fsp3) is 0.222. The van der Waals surface area contributed by atoms with Gasteiger partial charge in [-0.3, -0.25) is 4.99 Å². The predicted molar refractivity (Wildman–Crippen MR) is 98.5 cm³/mol. The second-order valence-electron chi connectivity index (χ2n) is 5.52. The fourth-order valence-electron chi connectivity index (χ4n) is 2.29. The Balaban J connectivity index is 1.86. The van der Waals surface area contributed by atoms with Crippen molar-refractivity contribution >= 4 is 34.3 Å². The molecule has 0 spiro atoms. The van der Waals surface area contributed by atoms with Crippen LogP contribution in [0.2, 0.25) is 0 Å². The first kappa shape index (κ1) is 15.6. The molecule has 23 heavy (non-hydrogen) atoms. The number of amides is 2. The molecular formula is C18H19N3OS. The summed E-state index contributed by atoms with van der Waals surface area (Å²) in [6.45, 7) is 4.87. The molecule has 4 nitrogen and oxygen atoms in total. The van der Waals surface area contributed by atoms with Crippen molar-refractivity contribution < 1.29 is 4.79 Å². The van der Waals surface area contributed by atoms with E-state index in [-0.39, 0.29) is 6.03 Å². The maximum atomic E-state index is 12.8. The third-order valence-corrected chi connectivity index (χ3v) is 4.58. The van der Waals surface area contributed by atoms with Gasteiger partial charge in [0.25, 0.3) is 0 Å². The highest BCUT2D eigenvalue weighted by Crippen LogP contribution is 2.27. The fourth-order valence-corrected chi connectivity index (χ4v) is 3.24. The number of nitrogens with one attached hydrogen (secondary N) is 1. The molecular weight excluding hydrogens is 306 g/mol. The van der Waals surface area contributed by atoms with Crippen LogP contribution in [0.4, 0.5) is 16.2 Å². The lowest BCUT2D eigenvalue weighted by molar-refractivity contribution is 0.259. The summed E-state index contributed by atoms with van der Waals surface area (Å²) >= 11 is 1.62. The van der Waals surface area contributed by atoms with Crippen LogP contribution in [0.5, 0.6) is 0 Å². The van der Waals surface area contributed by atoms with Gasteiger partial charge in [-0.25, -0.2) is 9.69 Å². The van der Waals surface area contributed by atoms with E-state index in [2.05, 4.69) is 17.2 Å². The number of aliphatic imine (C=N–C) groups is 1. The molecule has 0 saturated heterocycles. The average molecular weight is 325 g/mol. The van der Waals surface area contributed by atoms with Crippen molar-refractivity contribution in [1.82, 2.24) is 0 Å². The number of benzene rings is 2. The van der Waals surface area contributed by atoms with E-state index in [1.165, 1.54) is 0 Å². The van der Waals surface area contributed by atoms with Crippen molar-refractivity contribution in [2.75, 3.05) is 16.8 Å². The highest BCUT2D eigenvalue weighted by atomic mass is 32.2. The van der Waals surface area contributed by atoms with Crippen LogP contribution in [0.3, 0.4) is 0 Å². The molecule has 1 aliphatic heterocycles. The van der Waals surface area contributed by atoms with Gasteiger partial charge in [-0.2, -0.15) is 0 Å². The largest absolute Gasteiger partial charge is 0.332 e. The first-order chi connectivity index (χ1) is 11.1. The molecule has 1 aliphatic rings. The van der Waals surface area contributed by atoms with Crippen molar-refractivity contribution in [3.05, 3.63) is 60.2 Å². The molecule has 0 aromatic heterocycles. The van der Waals surface area contributed by atoms with Crippen LogP contribution >= 0.6 is 11.8 Å². The molecule has 0 unspecified atom stereocenters. The zero-order chi connectivity index (χ0) is 16.2. The number of nitrogens with zero attached hydrogens (tertiary/aromatic N) is 2. The number of thioether (sulfide) groups is 1. The maximum absolute atomic E-state index is 12.8. The number of para-hydroxylation sites is 1. The molecule has 2 amide bonds. The molecule has 2 aromatic rings. The highest BCUT2D eigenvalue weighted by Gasteiger charge is 2.27. The lowest BCUT2D eigenvalue weighted by Crippen LogP contribution is -2.38. The number of anilines is 2. The number of hydrogen-bond donors (Lipinski definition) is 1. The summed E-state index contributed by atoms with van der Waals surface area (Å²) in [5.74, 6) is 0. The van der Waals surface area contributed by atoms with E-state index >= 15 is 0 Å². The number of hydrogen-bond acceptors (Lipinski definition) is 3. The average Bonchev–Trinajstić information content (AvgIpc) is 2.97. The van der Waals surface area contributed by atoms with Crippen LogP contribution in [-0.2, 0) is 0 Å². The number of carbonyl (C=O) groups excluding carboxylic acids is 1. The highest BCUT2D eigenvalue weighted by molar-refractivity contribution is 8.15. The third kappa shape index (κ3) is 3.74. The van der Waals surface area contributed by atoms with Crippen LogP contribution in [0.25, 0.3) is 0 Å². The van der Waals surface area contributed by atoms with Crippen LogP contribution in [0.15, 0.2) is 59.6 Å². The SMILES string of the molecule is Cc1ccc(NC(=O)N(C2=NC[C@@H](C)S2)c2ccccc2)cc1. The van der Waals surface area contributed by atoms with Gasteiger partial charge in [0.15, 0.2) is 5.17 Å². The second kappa shape index (κ2) is 6.87. The van der Waals surface area contributed by atoms with Crippen molar-refractivity contribution in [2.45, 2.75) is 19.1 Å². The Morgan fingerprint density at radius 3 is 2.48 bits per heavy atom. The monoisotopic (exact) mass is 325 g/mol. The van der Waals surface area contributed by atoms with Crippen molar-refractivity contribution in [2.24, 2.45) is 4.99 Å². The summed E-state index contributed by atoms with van der Waals surface area (Å²) < 4.78 is 0. The number of amidine groups is 1. The van der Waals surface area contributed by atoms with Gasteiger partial charge in [0, 0.05) is 10.9 Å². The normalized spacial score (nSPS) is 16.8. The molecule has 118 valence electrons. The van der Waals surface area contributed by atoms with Crippen molar-refractivity contribution in [3.63, 3.8) is 0 Å². The summed E-state index contributed by atoms with van der Waals surface area (Å²) in [5, 5.41) is 4.09. The lowest BCUT2D eigenvalue weighted by Gasteiger charge is -2.22. The first-order valence-corrected chi connectivity index (χ1v) is 8.45. The molecule has 2 aromatic carbocycles. The summed E-state index contributed by atoms with van der Waals surface area (Å²) in [6, 6.07) is 17.2. The molecule has 0 radical (unpaired) electrons. The van der Waals surface area contributed by atoms with Gasteiger partial charge in [-0.15, -0.1) is 0 Å². The van der Waals surface area contributed by atoms with E-state index in [4.69, 9.17) is 0 Å². The van der Waals surface area contributed by atoms with E-state index in [0.717, 1.165) is 28.7 Å². The van der Waals surface area contributed by atoms with Crippen LogP contribution < -0.4 is 10.2 Å². The predicted octanol–water partition coefficient (Wildman–Crippen LogP) is 4.52. The number of aryl methyl sites for hydroxylation is 1. The van der Waals surface area contributed by atoms with Crippen molar-refractivity contribution in [3.8, 4) is 0 Å². The Morgan fingerprint density at radius 2 is 1.87 bits per heavy atom. The molecule has 0 fully saturated rings. The van der Waals surface area contributed by atoms with Gasteiger partial charge in [0.05, 0.1) is 12.2 Å². The zero-order valence-electron chi connectivity index (χ0n) is 13.2. The summed E-state index contributed by atoms with van der Waals surface area (Å²) in [6.07, 6.45) is 0. The first-order valence-electron chi connectivity index (χ1n) is 7.57. The topological polar surface area (TPSA) is 44.7 Å². The smallest absolute Gasteiger partial charge is 0.307 e. The van der Waals surface area contributed by atoms with E-state index in [0.29, 0.717) is 5.25 Å². The summed E-state index contributed by atoms with van der Waals surface area (Å²) in [5.41, 5.74) is 2.75. The molecule has 1 atom stereocenters. The second-order valence-corrected chi connectivity index (χ2v) is 6.92. The molecule has 0 aliphatic carbocycles. The number of rotatable bonds is 2. The van der Waals surface area contributed by atoms with Gasteiger partial charge in [-0.05, 0) is 31.2 Å². The van der Waals surface area contributed by atoms with E-state index in [9.17, 15) is 4.79 Å². The summed E-state index contributed by atoms with van der Waals surface area (Å²) in [4.78, 5) is 19.0. The number of carbonyl (C=O) groups is 1. The maximum Gasteiger partial charge on any atom is 0.332 e. The Bertz CT molecular complexity index is 713. The molecule has 0 saturated carbocycles. The number of urea groups is 1. The molecule has 1 heterocycles. The Kier molecular flexibility index (Phi) is 4.67. The minimum absolute atomic E-state index is 0.194. The Hall–Kier alpha value is -2.27. The molecule has 1 N–H and O–H groups in total. The third-order valence-electron chi connectivity index (χ3n) is 3.50. The van der Waals surface area contributed by atoms with E-state index < -0.39 is 0 Å². The zero-order valence-corrected chi connectivity index (χ0v) is 14.0. The Morgan fingerprint density at radius 1 is 1.17 bits per heavy atom. The quantitative estimate of drug-likeness (QED) is 0.882. The minimum atomic E-state index is -0.194. The standard InChI is InChI=1S/C18H19N3OS/c1-13-8-10-15(11-9-13)20-17(22)21(16-6-4-3-5-7-16)18-19-12-14(2)23-18/h3-11,14H,12H2,1-2H3,(H,20,22)/t14-/m1/s1. The van der Waals surface area contributed by atoms with E-state index in [1.807, 2.05) is 61.5 Å². The van der Waals surface area contributed by atoms with Gasteiger partial charge >= 0.3 is 6.03 Å². The van der Waals surface area contributed by atoms with Gasteiger partial charge in [0.1, 0.15) is 0 Å². The van der Waals surface area contributed by atoms with Gasteiger partial charge in [0.2, 0.25) is 0 Å². The van der Waals surface area contributed by atoms with Crippen LogP contribution in [0.1, 0.15) is 12.5 Å². The van der Waals surface area contributed by atoms with Gasteiger partial charge in [-0.1, -0.05) is 54.6 Å². The van der Waals surface area contributed by atoms with E-state index in [1.54, 1.807) is 16.7 Å². The molecule has 5 heteroatoms. The van der Waals surface area contributed by atoms with Crippen LogP contribution in [0, 0.1) is 6.92 Å². The summed E-state index contributed by atoms with van der Waals surface area (Å²) in [7, 11) is 0. The van der Waals surface area contributed by atoms with Crippen molar-refractivity contribution in [1.29, 1.82) is 0 Å².